The number of sulfonamides is 1. The van der Waals surface area contributed by atoms with Gasteiger partial charge in [-0.15, -0.1) is 0 Å². The second-order valence-electron chi connectivity index (χ2n) is 7.31. The van der Waals surface area contributed by atoms with Crippen molar-refractivity contribution in [3.8, 4) is 0 Å². The third-order valence-corrected chi connectivity index (χ3v) is 6.84. The molecule has 0 spiro atoms. The summed E-state index contributed by atoms with van der Waals surface area (Å²) in [4.78, 5) is 18.1. The normalized spacial score (nSPS) is 16.2. The maximum absolute atomic E-state index is 13.2. The minimum Gasteiger partial charge on any atom is -0.361 e. The fourth-order valence-corrected chi connectivity index (χ4v) is 5.25. The lowest BCUT2D eigenvalue weighted by Crippen LogP contribution is -2.50. The van der Waals surface area contributed by atoms with Crippen LogP contribution in [-0.2, 0) is 21.4 Å². The summed E-state index contributed by atoms with van der Waals surface area (Å²) >= 11 is 0. The van der Waals surface area contributed by atoms with Crippen molar-refractivity contribution < 1.29 is 13.2 Å². The summed E-state index contributed by atoms with van der Waals surface area (Å²) in [6.45, 7) is 1.80. The van der Waals surface area contributed by atoms with Gasteiger partial charge in [-0.1, -0.05) is 6.07 Å². The van der Waals surface area contributed by atoms with Crippen LogP contribution in [-0.4, -0.2) is 53.1 Å². The van der Waals surface area contributed by atoms with Crippen LogP contribution in [0.2, 0.25) is 0 Å². The van der Waals surface area contributed by atoms with E-state index in [2.05, 4.69) is 14.8 Å². The molecule has 1 saturated heterocycles. The first kappa shape index (κ1) is 19.7. The number of fused-ring (bicyclic) bond motifs is 1. The van der Waals surface area contributed by atoms with Gasteiger partial charge in [0, 0.05) is 49.1 Å². The van der Waals surface area contributed by atoms with E-state index < -0.39 is 16.1 Å². The monoisotopic (exact) mass is 415 g/mol. The SMILES string of the molecule is O=C(C(CCn1cccn1)NS(=O)(=O)c1cccc2[nH]ccc12)N1CCCCC1. The minimum absolute atomic E-state index is 0.165. The molecule has 4 rings (SSSR count). The Labute approximate surface area is 169 Å². The van der Waals surface area contributed by atoms with Gasteiger partial charge in [0.2, 0.25) is 15.9 Å². The van der Waals surface area contributed by atoms with Crippen LogP contribution >= 0.6 is 0 Å². The van der Waals surface area contributed by atoms with Crippen molar-refractivity contribution in [1.29, 1.82) is 0 Å². The van der Waals surface area contributed by atoms with Crippen molar-refractivity contribution in [3.63, 3.8) is 0 Å². The number of amides is 1. The summed E-state index contributed by atoms with van der Waals surface area (Å²) in [5.74, 6) is -0.165. The van der Waals surface area contributed by atoms with Crippen LogP contribution in [0.5, 0.6) is 0 Å². The van der Waals surface area contributed by atoms with Gasteiger partial charge in [-0.2, -0.15) is 9.82 Å². The van der Waals surface area contributed by atoms with E-state index in [1.54, 1.807) is 52.4 Å². The largest absolute Gasteiger partial charge is 0.361 e. The van der Waals surface area contributed by atoms with Crippen LogP contribution in [0.1, 0.15) is 25.7 Å². The zero-order chi connectivity index (χ0) is 20.3. The Morgan fingerprint density at radius 2 is 2.00 bits per heavy atom. The number of hydrogen-bond acceptors (Lipinski definition) is 4. The smallest absolute Gasteiger partial charge is 0.241 e. The molecule has 1 unspecified atom stereocenters. The predicted octanol–water partition coefficient (Wildman–Crippen LogP) is 2.11. The Morgan fingerprint density at radius 3 is 2.76 bits per heavy atom. The molecule has 2 aromatic heterocycles. The van der Waals surface area contributed by atoms with Gasteiger partial charge < -0.3 is 9.88 Å². The fraction of sp³-hybridized carbons (Fsp3) is 0.400. The fourth-order valence-electron chi connectivity index (χ4n) is 3.80. The molecule has 0 radical (unpaired) electrons. The molecule has 1 amide bonds. The molecule has 0 saturated carbocycles. The molecule has 154 valence electrons. The van der Waals surface area contributed by atoms with Crippen molar-refractivity contribution >= 4 is 26.8 Å². The summed E-state index contributed by atoms with van der Waals surface area (Å²) in [7, 11) is -3.88. The number of aromatic nitrogens is 3. The van der Waals surface area contributed by atoms with Crippen molar-refractivity contribution in [1.82, 2.24) is 24.4 Å². The van der Waals surface area contributed by atoms with E-state index in [1.807, 2.05) is 6.07 Å². The van der Waals surface area contributed by atoms with Crippen LogP contribution in [0.3, 0.4) is 0 Å². The number of aryl methyl sites for hydroxylation is 1. The summed E-state index contributed by atoms with van der Waals surface area (Å²) in [5.41, 5.74) is 0.739. The number of piperidine rings is 1. The first-order valence-corrected chi connectivity index (χ1v) is 11.4. The van der Waals surface area contributed by atoms with E-state index in [0.717, 1.165) is 24.8 Å². The Hall–Kier alpha value is -2.65. The molecular weight excluding hydrogens is 390 g/mol. The van der Waals surface area contributed by atoms with Crippen LogP contribution in [0.25, 0.3) is 10.9 Å². The average molecular weight is 416 g/mol. The maximum atomic E-state index is 13.2. The topological polar surface area (TPSA) is 100 Å². The summed E-state index contributed by atoms with van der Waals surface area (Å²) in [6.07, 6.45) is 8.51. The number of nitrogens with zero attached hydrogens (tertiary/aromatic N) is 3. The molecule has 2 N–H and O–H groups in total. The second-order valence-corrected chi connectivity index (χ2v) is 9.00. The molecule has 1 aliphatic heterocycles. The highest BCUT2D eigenvalue weighted by Gasteiger charge is 2.30. The van der Waals surface area contributed by atoms with Crippen LogP contribution < -0.4 is 4.72 Å². The highest BCUT2D eigenvalue weighted by molar-refractivity contribution is 7.89. The summed E-state index contributed by atoms with van der Waals surface area (Å²) < 4.78 is 30.8. The number of likely N-dealkylation sites (tertiary alicyclic amines) is 1. The molecular formula is C20H25N5O3S. The van der Waals surface area contributed by atoms with Crippen molar-refractivity contribution in [3.05, 3.63) is 48.9 Å². The van der Waals surface area contributed by atoms with Crippen molar-refractivity contribution in [2.45, 2.75) is 43.2 Å². The predicted molar refractivity (Wildman–Crippen MR) is 110 cm³/mol. The van der Waals surface area contributed by atoms with Crippen molar-refractivity contribution in [2.75, 3.05) is 13.1 Å². The summed E-state index contributed by atoms with van der Waals surface area (Å²) in [5, 5.41) is 4.77. The molecule has 3 heterocycles. The van der Waals surface area contributed by atoms with Gasteiger partial charge in [0.05, 0.1) is 4.90 Å². The van der Waals surface area contributed by atoms with Crippen LogP contribution in [0, 0.1) is 0 Å². The van der Waals surface area contributed by atoms with E-state index in [4.69, 9.17) is 0 Å². The number of aromatic amines is 1. The lowest BCUT2D eigenvalue weighted by atomic mass is 10.1. The Bertz CT molecular complexity index is 1070. The molecule has 0 aliphatic carbocycles. The molecule has 1 fully saturated rings. The van der Waals surface area contributed by atoms with E-state index in [9.17, 15) is 13.2 Å². The molecule has 3 aromatic rings. The Kier molecular flexibility index (Phi) is 5.68. The van der Waals surface area contributed by atoms with Gasteiger partial charge in [-0.05, 0) is 49.9 Å². The highest BCUT2D eigenvalue weighted by atomic mass is 32.2. The van der Waals surface area contributed by atoms with Crippen LogP contribution in [0.15, 0.2) is 53.8 Å². The number of hydrogen-bond donors (Lipinski definition) is 2. The number of rotatable bonds is 7. The first-order valence-electron chi connectivity index (χ1n) is 9.89. The first-order chi connectivity index (χ1) is 14.0. The molecule has 0 bridgehead atoms. The lowest BCUT2D eigenvalue weighted by Gasteiger charge is -2.30. The quantitative estimate of drug-likeness (QED) is 0.617. The Balaban J connectivity index is 1.59. The Morgan fingerprint density at radius 1 is 1.17 bits per heavy atom. The average Bonchev–Trinajstić information content (AvgIpc) is 3.42. The van der Waals surface area contributed by atoms with Gasteiger partial charge in [0.15, 0.2) is 0 Å². The number of carbonyl (C=O) groups excluding carboxylic acids is 1. The molecule has 29 heavy (non-hydrogen) atoms. The van der Waals surface area contributed by atoms with Gasteiger partial charge >= 0.3 is 0 Å². The number of nitrogens with one attached hydrogen (secondary N) is 2. The van der Waals surface area contributed by atoms with E-state index in [-0.39, 0.29) is 10.8 Å². The molecule has 9 heteroatoms. The third-order valence-electron chi connectivity index (χ3n) is 5.31. The number of H-pyrrole nitrogens is 1. The molecule has 1 atom stereocenters. The molecule has 8 nitrogen and oxygen atoms in total. The van der Waals surface area contributed by atoms with Gasteiger partial charge in [-0.25, -0.2) is 8.42 Å². The zero-order valence-corrected chi connectivity index (χ0v) is 16.9. The van der Waals surface area contributed by atoms with E-state index in [1.165, 1.54) is 0 Å². The standard InChI is InChI=1S/C20H25N5O3S/c26-20(24-12-2-1-3-13-24)18(9-15-25-14-5-10-22-25)23-29(27,28)19-7-4-6-17-16(19)8-11-21-17/h4-8,10-11,14,18,21,23H,1-3,9,12-13,15H2. The van der Waals surface area contributed by atoms with E-state index in [0.29, 0.717) is 31.4 Å². The van der Waals surface area contributed by atoms with Crippen LogP contribution in [0.4, 0.5) is 0 Å². The lowest BCUT2D eigenvalue weighted by molar-refractivity contribution is -0.134. The number of carbonyl (C=O) groups is 1. The molecule has 1 aliphatic rings. The maximum Gasteiger partial charge on any atom is 0.241 e. The van der Waals surface area contributed by atoms with Crippen molar-refractivity contribution in [2.24, 2.45) is 0 Å². The summed E-state index contributed by atoms with van der Waals surface area (Å²) in [6, 6.07) is 7.78. The van der Waals surface area contributed by atoms with Gasteiger partial charge in [0.25, 0.3) is 0 Å². The third kappa shape index (κ3) is 4.35. The van der Waals surface area contributed by atoms with Gasteiger partial charge in [-0.3, -0.25) is 9.48 Å². The zero-order valence-electron chi connectivity index (χ0n) is 16.1. The number of benzene rings is 1. The minimum atomic E-state index is -3.88. The van der Waals surface area contributed by atoms with Gasteiger partial charge in [0.1, 0.15) is 6.04 Å². The second kappa shape index (κ2) is 8.38. The highest BCUT2D eigenvalue weighted by Crippen LogP contribution is 2.23. The van der Waals surface area contributed by atoms with E-state index >= 15 is 0 Å². The molecule has 1 aromatic carbocycles.